The molecule has 1 aromatic carbocycles. The summed E-state index contributed by atoms with van der Waals surface area (Å²) >= 11 is 0. The summed E-state index contributed by atoms with van der Waals surface area (Å²) in [6.45, 7) is 0.643. The van der Waals surface area contributed by atoms with Gasteiger partial charge in [-0.1, -0.05) is 30.3 Å². The minimum Gasteiger partial charge on any atom is -0.363 e. The first-order valence-corrected chi connectivity index (χ1v) is 10.4. The first kappa shape index (κ1) is 24.9. The highest BCUT2D eigenvalue weighted by atomic mass is 127. The number of carbonyl (C=O) groups is 1. The maximum atomic E-state index is 12.1. The number of fused-ring (bicyclic) bond motifs is 1. The number of benzene rings is 1. The van der Waals surface area contributed by atoms with E-state index >= 15 is 0 Å². The molecule has 0 saturated carbocycles. The molecule has 2 N–H and O–H groups in total. The summed E-state index contributed by atoms with van der Waals surface area (Å²) in [6, 6.07) is 14.8. The van der Waals surface area contributed by atoms with E-state index in [0.717, 1.165) is 30.8 Å². The minimum atomic E-state index is 0. The number of aromatic nitrogens is 1. The fourth-order valence-electron chi connectivity index (χ4n) is 3.45. The lowest BCUT2D eigenvalue weighted by Crippen LogP contribution is -2.48. The third-order valence-corrected chi connectivity index (χ3v) is 5.24. The van der Waals surface area contributed by atoms with Gasteiger partial charge < -0.3 is 20.4 Å². The topological polar surface area (TPSA) is 72.9 Å². The van der Waals surface area contributed by atoms with Crippen molar-refractivity contribution >= 4 is 41.7 Å². The number of nitrogens with zero attached hydrogens (tertiary/aromatic N) is 4. The van der Waals surface area contributed by atoms with Gasteiger partial charge in [-0.15, -0.1) is 24.0 Å². The number of hydrogen-bond acceptors (Lipinski definition) is 4. The molecule has 0 saturated heterocycles. The lowest BCUT2D eigenvalue weighted by atomic mass is 9.88. The number of likely N-dealkylation sites (N-methyl/N-ethyl adjacent to an activating group) is 1. The Labute approximate surface area is 202 Å². The number of pyridine rings is 1. The van der Waals surface area contributed by atoms with Gasteiger partial charge in [0.05, 0.1) is 18.8 Å². The summed E-state index contributed by atoms with van der Waals surface area (Å²) in [5, 5.41) is 6.72. The van der Waals surface area contributed by atoms with E-state index in [1.165, 1.54) is 11.1 Å². The lowest BCUT2D eigenvalue weighted by Gasteiger charge is -2.27. The Hall–Kier alpha value is -2.36. The summed E-state index contributed by atoms with van der Waals surface area (Å²) in [4.78, 5) is 25.0. The zero-order valence-corrected chi connectivity index (χ0v) is 21.1. The maximum Gasteiger partial charge on any atom is 0.241 e. The molecule has 8 heteroatoms. The number of aliphatic imine (C=N–C) groups is 1. The van der Waals surface area contributed by atoms with Gasteiger partial charge >= 0.3 is 0 Å². The van der Waals surface area contributed by atoms with Gasteiger partial charge in [-0.25, -0.2) is 9.98 Å². The van der Waals surface area contributed by atoms with E-state index < -0.39 is 0 Å². The van der Waals surface area contributed by atoms with Crippen LogP contribution in [-0.4, -0.2) is 62.5 Å². The molecule has 1 unspecified atom stereocenters. The van der Waals surface area contributed by atoms with Gasteiger partial charge in [0.1, 0.15) is 5.82 Å². The average Bonchev–Trinajstić information content (AvgIpc) is 2.75. The van der Waals surface area contributed by atoms with Crippen molar-refractivity contribution in [3.8, 4) is 0 Å². The van der Waals surface area contributed by atoms with E-state index in [9.17, 15) is 4.79 Å². The van der Waals surface area contributed by atoms with Crippen LogP contribution in [0.4, 0.5) is 5.82 Å². The van der Waals surface area contributed by atoms with Crippen molar-refractivity contribution in [3.63, 3.8) is 0 Å². The Kier molecular flexibility index (Phi) is 9.54. The number of amides is 1. The second-order valence-electron chi connectivity index (χ2n) is 8.04. The van der Waals surface area contributed by atoms with Crippen LogP contribution in [0.15, 0.2) is 47.5 Å². The van der Waals surface area contributed by atoms with E-state index in [0.29, 0.717) is 12.5 Å². The van der Waals surface area contributed by atoms with E-state index in [4.69, 9.17) is 4.99 Å². The molecule has 3 rings (SSSR count). The van der Waals surface area contributed by atoms with Gasteiger partial charge in [0, 0.05) is 34.2 Å². The van der Waals surface area contributed by atoms with Crippen LogP contribution in [0.2, 0.25) is 0 Å². The Morgan fingerprint density at radius 3 is 2.55 bits per heavy atom. The highest BCUT2D eigenvalue weighted by Gasteiger charge is 2.19. The normalized spacial score (nSPS) is 15.4. The fraction of sp³-hybridized carbons (Fsp3) is 0.435. The van der Waals surface area contributed by atoms with E-state index in [2.05, 4.69) is 39.9 Å². The quantitative estimate of drug-likeness (QED) is 0.337. The van der Waals surface area contributed by atoms with Crippen LogP contribution in [0, 0.1) is 0 Å². The Morgan fingerprint density at radius 1 is 1.10 bits per heavy atom. The van der Waals surface area contributed by atoms with Gasteiger partial charge in [0.2, 0.25) is 5.91 Å². The smallest absolute Gasteiger partial charge is 0.241 e. The van der Waals surface area contributed by atoms with Crippen molar-refractivity contribution in [3.05, 3.63) is 59.3 Å². The second kappa shape index (κ2) is 11.9. The zero-order chi connectivity index (χ0) is 21.5. The van der Waals surface area contributed by atoms with E-state index in [1.807, 2.05) is 37.2 Å². The number of carbonyl (C=O) groups excluding carboxylic acids is 1. The van der Waals surface area contributed by atoms with Crippen molar-refractivity contribution < 1.29 is 4.79 Å². The molecule has 1 aromatic heterocycles. The molecule has 1 atom stereocenters. The van der Waals surface area contributed by atoms with Crippen molar-refractivity contribution in [1.82, 2.24) is 20.5 Å². The summed E-state index contributed by atoms with van der Waals surface area (Å²) in [5.41, 5.74) is 3.69. The van der Waals surface area contributed by atoms with Crippen LogP contribution >= 0.6 is 24.0 Å². The van der Waals surface area contributed by atoms with E-state index in [-0.39, 0.29) is 42.5 Å². The lowest BCUT2D eigenvalue weighted by molar-refractivity contribution is -0.127. The number of rotatable bonds is 6. The van der Waals surface area contributed by atoms with Gasteiger partial charge in [-0.2, -0.15) is 0 Å². The van der Waals surface area contributed by atoms with Crippen LogP contribution in [0.1, 0.15) is 23.2 Å². The predicted molar refractivity (Wildman–Crippen MR) is 137 cm³/mol. The molecule has 2 aromatic rings. The summed E-state index contributed by atoms with van der Waals surface area (Å²) in [5.74, 6) is 1.55. The standard InChI is InChI=1S/C23H32N6O.HI/c1-28(2)21-11-7-10-20(26-21)15-24-23(25-16-22(30)29(3)4)27-19-13-12-17-8-5-6-9-18(17)14-19;/h5-11,19H,12-16H2,1-4H3,(H2,24,25,27);1H. The third-order valence-electron chi connectivity index (χ3n) is 5.24. The Balaban J connectivity index is 0.00000341. The van der Waals surface area contributed by atoms with Gasteiger partial charge in [-0.05, 0) is 42.5 Å². The first-order chi connectivity index (χ1) is 14.4. The first-order valence-electron chi connectivity index (χ1n) is 10.4. The van der Waals surface area contributed by atoms with Crippen molar-refractivity contribution in [1.29, 1.82) is 0 Å². The monoisotopic (exact) mass is 536 g/mol. The van der Waals surface area contributed by atoms with Gasteiger partial charge in [0.15, 0.2) is 5.96 Å². The molecule has 0 aliphatic heterocycles. The predicted octanol–water partition coefficient (Wildman–Crippen LogP) is 2.45. The maximum absolute atomic E-state index is 12.1. The van der Waals surface area contributed by atoms with Crippen molar-refractivity contribution in [2.75, 3.05) is 39.6 Å². The largest absolute Gasteiger partial charge is 0.363 e. The number of hydrogen-bond donors (Lipinski definition) is 2. The molecule has 1 amide bonds. The highest BCUT2D eigenvalue weighted by Crippen LogP contribution is 2.21. The second-order valence-corrected chi connectivity index (χ2v) is 8.04. The molecule has 168 valence electrons. The summed E-state index contributed by atoms with van der Waals surface area (Å²) in [6.07, 6.45) is 3.03. The molecule has 0 spiro atoms. The molecular formula is C23H33IN6O. The molecule has 31 heavy (non-hydrogen) atoms. The summed E-state index contributed by atoms with van der Waals surface area (Å²) in [7, 11) is 7.45. The molecule has 0 radical (unpaired) electrons. The molecule has 7 nitrogen and oxygen atoms in total. The van der Waals surface area contributed by atoms with Crippen LogP contribution in [0.3, 0.4) is 0 Å². The minimum absolute atomic E-state index is 0. The number of guanidine groups is 1. The molecule has 1 aliphatic carbocycles. The van der Waals surface area contributed by atoms with Crippen LogP contribution < -0.4 is 15.5 Å². The Morgan fingerprint density at radius 2 is 1.84 bits per heavy atom. The number of anilines is 1. The summed E-state index contributed by atoms with van der Waals surface area (Å²) < 4.78 is 0. The SMILES string of the molecule is CN(C)C(=O)CNC(=NCc1cccc(N(C)C)n1)NC1CCc2ccccc2C1.I. The number of aryl methyl sites for hydroxylation is 1. The fourth-order valence-corrected chi connectivity index (χ4v) is 3.45. The number of halogens is 1. The van der Waals surface area contributed by atoms with Crippen LogP contribution in [0.5, 0.6) is 0 Å². The van der Waals surface area contributed by atoms with Crippen molar-refractivity contribution in [2.24, 2.45) is 4.99 Å². The highest BCUT2D eigenvalue weighted by molar-refractivity contribution is 14.0. The van der Waals surface area contributed by atoms with Crippen LogP contribution in [0.25, 0.3) is 0 Å². The van der Waals surface area contributed by atoms with Gasteiger partial charge in [0.25, 0.3) is 0 Å². The molecule has 1 aliphatic rings. The number of nitrogens with one attached hydrogen (secondary N) is 2. The van der Waals surface area contributed by atoms with Crippen LogP contribution in [-0.2, 0) is 24.2 Å². The third kappa shape index (κ3) is 7.37. The molecular weight excluding hydrogens is 503 g/mol. The molecule has 0 bridgehead atoms. The molecule has 1 heterocycles. The Bertz CT molecular complexity index is 899. The van der Waals surface area contributed by atoms with E-state index in [1.54, 1.807) is 19.0 Å². The van der Waals surface area contributed by atoms with Gasteiger partial charge in [-0.3, -0.25) is 4.79 Å². The average molecular weight is 536 g/mol. The van der Waals surface area contributed by atoms with Crippen molar-refractivity contribution in [2.45, 2.75) is 31.8 Å². The zero-order valence-electron chi connectivity index (χ0n) is 18.8. The molecule has 0 fully saturated rings.